The van der Waals surface area contributed by atoms with Crippen molar-refractivity contribution in [2.45, 2.75) is 24.9 Å². The molecule has 3 rings (SSSR count). The fourth-order valence-corrected chi connectivity index (χ4v) is 9.87. The Balaban J connectivity index is 2.20. The van der Waals surface area contributed by atoms with Gasteiger partial charge in [0.05, 0.1) is 14.2 Å². The second kappa shape index (κ2) is 8.31. The zero-order chi connectivity index (χ0) is 20.4. The average Bonchev–Trinajstić information content (AvgIpc) is 2.72. The number of hydrogen-bond acceptors (Lipinski definition) is 4. The summed E-state index contributed by atoms with van der Waals surface area (Å²) in [5.74, 6) is 1.45. The van der Waals surface area contributed by atoms with Crippen LogP contribution in [0.15, 0.2) is 59.9 Å². The number of ether oxygens (including phenoxy) is 2. The number of allylic oxidation sites excluding steroid dienone is 2. The van der Waals surface area contributed by atoms with Crippen LogP contribution < -0.4 is 20.1 Å². The smallest absolute Gasteiger partial charge is 0.150 e. The van der Waals surface area contributed by atoms with Gasteiger partial charge in [-0.1, -0.05) is 6.08 Å². The van der Waals surface area contributed by atoms with Gasteiger partial charge in [0.25, 0.3) is 0 Å². The summed E-state index contributed by atoms with van der Waals surface area (Å²) in [6.45, 7) is 3.56. The van der Waals surface area contributed by atoms with Gasteiger partial charge in [-0.25, -0.2) is 0 Å². The van der Waals surface area contributed by atoms with Crippen molar-refractivity contribution >= 4 is 24.9 Å². The molecule has 0 amide bonds. The van der Waals surface area contributed by atoms with Crippen LogP contribution in [0, 0.1) is 0 Å². The van der Waals surface area contributed by atoms with Gasteiger partial charge in [0.1, 0.15) is 18.6 Å². The first-order chi connectivity index (χ1) is 13.3. The summed E-state index contributed by atoms with van der Waals surface area (Å²) in [5.41, 5.74) is -0.246. The van der Waals surface area contributed by atoms with Crippen LogP contribution in [0.5, 0.6) is 11.5 Å². The highest BCUT2D eigenvalue weighted by molar-refractivity contribution is 7.81. The average molecular weight is 418 g/mol. The predicted octanol–water partition coefficient (Wildman–Crippen LogP) is 5.08. The monoisotopic (exact) mass is 418 g/mol. The van der Waals surface area contributed by atoms with E-state index in [9.17, 15) is 9.13 Å². The summed E-state index contributed by atoms with van der Waals surface area (Å²) < 4.78 is 38.4. The molecule has 28 heavy (non-hydrogen) atoms. The fourth-order valence-electron chi connectivity index (χ4n) is 3.91. The number of methoxy groups -OCH3 is 2. The molecule has 0 radical (unpaired) electrons. The molecule has 0 saturated carbocycles. The van der Waals surface area contributed by atoms with Gasteiger partial charge in [-0.3, -0.25) is 0 Å². The van der Waals surface area contributed by atoms with Crippen LogP contribution in [0.3, 0.4) is 0 Å². The van der Waals surface area contributed by atoms with E-state index in [2.05, 4.69) is 6.08 Å². The highest BCUT2D eigenvalue weighted by Crippen LogP contribution is 2.63. The Morgan fingerprint density at radius 3 is 1.68 bits per heavy atom. The topological polar surface area (TPSA) is 52.6 Å². The summed E-state index contributed by atoms with van der Waals surface area (Å²) in [6.07, 6.45) is 4.68. The molecule has 0 aromatic heterocycles. The SMILES string of the molecule is COc1ccc(P(=O)(c2ccc(OC)cc2)C2CCCC=C2P(C)(C)=O)cc1. The summed E-state index contributed by atoms with van der Waals surface area (Å²) in [5, 5.41) is 2.41. The van der Waals surface area contributed by atoms with Crippen LogP contribution in [-0.2, 0) is 9.13 Å². The lowest BCUT2D eigenvalue weighted by Crippen LogP contribution is -2.28. The zero-order valence-corrected chi connectivity index (χ0v) is 18.7. The van der Waals surface area contributed by atoms with Crippen molar-refractivity contribution in [3.63, 3.8) is 0 Å². The van der Waals surface area contributed by atoms with E-state index in [0.717, 1.165) is 46.7 Å². The number of hydrogen-bond donors (Lipinski definition) is 0. The van der Waals surface area contributed by atoms with Crippen LogP contribution in [0.2, 0.25) is 0 Å². The third kappa shape index (κ3) is 4.00. The normalized spacial score (nSPS) is 17.7. The molecule has 0 spiro atoms. The Labute approximate surface area is 167 Å². The highest BCUT2D eigenvalue weighted by atomic mass is 31.2. The maximum atomic E-state index is 14.8. The molecule has 0 N–H and O–H groups in total. The van der Waals surface area contributed by atoms with Gasteiger partial charge in [0, 0.05) is 16.3 Å². The van der Waals surface area contributed by atoms with E-state index >= 15 is 0 Å². The molecule has 0 fully saturated rings. The molecule has 150 valence electrons. The Bertz CT molecular complexity index is 888. The van der Waals surface area contributed by atoms with Crippen molar-refractivity contribution < 1.29 is 18.6 Å². The number of benzene rings is 2. The van der Waals surface area contributed by atoms with Gasteiger partial charge in [-0.2, -0.15) is 0 Å². The lowest BCUT2D eigenvalue weighted by molar-refractivity contribution is 0.415. The summed E-state index contributed by atoms with van der Waals surface area (Å²) >= 11 is 0. The molecule has 1 unspecified atom stereocenters. The second-order valence-electron chi connectivity index (χ2n) is 7.48. The molecule has 0 heterocycles. The van der Waals surface area contributed by atoms with Gasteiger partial charge in [0.2, 0.25) is 0 Å². The molecule has 0 saturated heterocycles. The first kappa shape index (κ1) is 21.0. The largest absolute Gasteiger partial charge is 0.497 e. The molecule has 1 atom stereocenters. The Hall–Kier alpha value is -1.76. The quantitative estimate of drug-likeness (QED) is 0.614. The van der Waals surface area contributed by atoms with Crippen LogP contribution in [0.25, 0.3) is 0 Å². The number of rotatable bonds is 6. The van der Waals surface area contributed by atoms with Gasteiger partial charge < -0.3 is 18.6 Å². The van der Waals surface area contributed by atoms with E-state index in [1.807, 2.05) is 48.5 Å². The molecule has 4 nitrogen and oxygen atoms in total. The Kier molecular flexibility index (Phi) is 6.22. The van der Waals surface area contributed by atoms with E-state index < -0.39 is 14.3 Å². The molecular formula is C22H28O4P2. The molecule has 0 bridgehead atoms. The zero-order valence-electron chi connectivity index (χ0n) is 16.9. The Morgan fingerprint density at radius 2 is 1.29 bits per heavy atom. The van der Waals surface area contributed by atoms with Crippen molar-refractivity contribution in [2.75, 3.05) is 27.5 Å². The molecule has 1 aliphatic rings. The molecule has 1 aliphatic carbocycles. The fraction of sp³-hybridized carbons (Fsp3) is 0.364. The molecule has 2 aromatic rings. The summed E-state index contributed by atoms with van der Waals surface area (Å²) in [7, 11) is -2.36. The minimum absolute atomic E-state index is 0.246. The minimum Gasteiger partial charge on any atom is -0.497 e. The van der Waals surface area contributed by atoms with Gasteiger partial charge in [-0.05, 0) is 86.4 Å². The predicted molar refractivity (Wildman–Crippen MR) is 118 cm³/mol. The van der Waals surface area contributed by atoms with Crippen LogP contribution in [-0.4, -0.2) is 33.2 Å². The molecular weight excluding hydrogens is 390 g/mol. The standard InChI is InChI=1S/C22H28O4P2/c1-25-17-9-13-19(14-10-17)28(24,20-15-11-18(26-2)12-16-20)22-8-6-5-7-21(22)27(3,4)23/h7,9-16,22H,5-6,8H2,1-4H3. The Morgan fingerprint density at radius 1 is 0.821 bits per heavy atom. The molecule has 2 aromatic carbocycles. The third-order valence-electron chi connectivity index (χ3n) is 5.35. The van der Waals surface area contributed by atoms with E-state index in [1.165, 1.54) is 0 Å². The highest BCUT2D eigenvalue weighted by Gasteiger charge is 2.42. The van der Waals surface area contributed by atoms with E-state index in [4.69, 9.17) is 9.47 Å². The van der Waals surface area contributed by atoms with Crippen LogP contribution in [0.4, 0.5) is 0 Å². The minimum atomic E-state index is -3.06. The van der Waals surface area contributed by atoms with Crippen molar-refractivity contribution in [3.05, 3.63) is 59.9 Å². The van der Waals surface area contributed by atoms with Crippen molar-refractivity contribution in [1.82, 2.24) is 0 Å². The molecule has 0 aliphatic heterocycles. The summed E-state index contributed by atoms with van der Waals surface area (Å²) in [6, 6.07) is 14.9. The lowest BCUT2D eigenvalue weighted by Gasteiger charge is -2.34. The molecule has 6 heteroatoms. The van der Waals surface area contributed by atoms with Crippen LogP contribution in [0.1, 0.15) is 19.3 Å². The lowest BCUT2D eigenvalue weighted by atomic mass is 10.1. The van der Waals surface area contributed by atoms with Crippen molar-refractivity contribution in [3.8, 4) is 11.5 Å². The van der Waals surface area contributed by atoms with Gasteiger partial charge in [0.15, 0.2) is 7.14 Å². The van der Waals surface area contributed by atoms with E-state index in [1.54, 1.807) is 27.5 Å². The van der Waals surface area contributed by atoms with Gasteiger partial charge >= 0.3 is 0 Å². The first-order valence-electron chi connectivity index (χ1n) is 9.45. The van der Waals surface area contributed by atoms with Crippen molar-refractivity contribution in [1.29, 1.82) is 0 Å². The van der Waals surface area contributed by atoms with E-state index in [-0.39, 0.29) is 5.66 Å². The second-order valence-corrected chi connectivity index (χ2v) is 13.7. The maximum absolute atomic E-state index is 14.8. The van der Waals surface area contributed by atoms with Crippen LogP contribution >= 0.6 is 14.3 Å². The van der Waals surface area contributed by atoms with Gasteiger partial charge in [-0.15, -0.1) is 0 Å². The maximum Gasteiger partial charge on any atom is 0.150 e. The third-order valence-corrected chi connectivity index (χ3v) is 10.8. The first-order valence-corrected chi connectivity index (χ1v) is 13.8. The summed E-state index contributed by atoms with van der Waals surface area (Å²) in [4.78, 5) is 0. The van der Waals surface area contributed by atoms with Crippen molar-refractivity contribution in [2.24, 2.45) is 0 Å². The van der Waals surface area contributed by atoms with E-state index in [0.29, 0.717) is 0 Å².